The van der Waals surface area contributed by atoms with Crippen LogP contribution in [-0.4, -0.2) is 98.7 Å². The van der Waals surface area contributed by atoms with Gasteiger partial charge in [-0.3, -0.25) is 19.4 Å². The molecule has 4 amide bonds. The Morgan fingerprint density at radius 3 is 2.48 bits per heavy atom. The molecule has 180 valence electrons. The molecule has 3 aliphatic heterocycles. The average molecular weight is 461 g/mol. The number of hydrogen-bond donors (Lipinski definition) is 1. The molecule has 33 heavy (non-hydrogen) atoms. The van der Waals surface area contributed by atoms with Crippen LogP contribution in [0.15, 0.2) is 12.1 Å². The molecule has 0 saturated carbocycles. The first-order valence-electron chi connectivity index (χ1n) is 11.4. The molecule has 10 heteroatoms. The van der Waals surface area contributed by atoms with E-state index in [9.17, 15) is 14.4 Å². The Hall–Kier alpha value is -2.85. The molecule has 1 aromatic carbocycles. The molecule has 0 bridgehead atoms. The lowest BCUT2D eigenvalue weighted by Gasteiger charge is -2.29. The molecule has 10 nitrogen and oxygen atoms in total. The van der Waals surface area contributed by atoms with Crippen LogP contribution in [-0.2, 0) is 27.3 Å². The van der Waals surface area contributed by atoms with Gasteiger partial charge < -0.3 is 24.4 Å². The number of carbonyl (C=O) groups excluding carboxylic acids is 3. The summed E-state index contributed by atoms with van der Waals surface area (Å²) in [4.78, 5) is 43.2. The lowest BCUT2D eigenvalue weighted by molar-refractivity contribution is -0.129. The topological polar surface area (TPSA) is 101 Å². The second-order valence-corrected chi connectivity index (χ2v) is 8.50. The number of methoxy groups -OCH3 is 2. The van der Waals surface area contributed by atoms with Crippen molar-refractivity contribution >= 4 is 17.8 Å². The maximum atomic E-state index is 12.9. The standard InChI is InChI=1S/C23H32N4O6/c1-31-19-13-16-12-18-22(29)26(23(30)27(18)15-17(16)14-20(19)32-2)7-4-21(28)24-5-3-6-25-8-10-33-11-9-25/h13-14,18H,3-12,15H2,1-2H3,(H,24,28)/t18-/m1/s1. The second kappa shape index (κ2) is 10.4. The normalized spacial score (nSPS) is 20.5. The van der Waals surface area contributed by atoms with Crippen LogP contribution in [0.1, 0.15) is 24.0 Å². The Labute approximate surface area is 193 Å². The molecule has 2 fully saturated rings. The minimum atomic E-state index is -0.542. The van der Waals surface area contributed by atoms with Crippen LogP contribution in [0, 0.1) is 0 Å². The molecule has 4 rings (SSSR count). The van der Waals surface area contributed by atoms with E-state index in [1.54, 1.807) is 19.1 Å². The number of nitrogens with zero attached hydrogens (tertiary/aromatic N) is 3. The third-order valence-corrected chi connectivity index (χ3v) is 6.50. The number of amides is 4. The molecule has 0 radical (unpaired) electrons. The largest absolute Gasteiger partial charge is 0.493 e. The van der Waals surface area contributed by atoms with Crippen molar-refractivity contribution < 1.29 is 28.6 Å². The van der Waals surface area contributed by atoms with Gasteiger partial charge in [0.15, 0.2) is 11.5 Å². The highest BCUT2D eigenvalue weighted by molar-refractivity contribution is 6.04. The molecule has 0 aliphatic carbocycles. The molecule has 0 aromatic heterocycles. The van der Waals surface area contributed by atoms with Crippen LogP contribution >= 0.6 is 0 Å². The van der Waals surface area contributed by atoms with Crippen LogP contribution in [0.3, 0.4) is 0 Å². The van der Waals surface area contributed by atoms with Gasteiger partial charge in [-0.05, 0) is 36.2 Å². The van der Waals surface area contributed by atoms with Crippen molar-refractivity contribution in [1.82, 2.24) is 20.0 Å². The van der Waals surface area contributed by atoms with Gasteiger partial charge in [-0.1, -0.05) is 0 Å². The molecule has 3 heterocycles. The highest BCUT2D eigenvalue weighted by Gasteiger charge is 2.47. The molecule has 1 N–H and O–H groups in total. The third kappa shape index (κ3) is 5.06. The number of ether oxygens (including phenoxy) is 3. The Morgan fingerprint density at radius 1 is 1.09 bits per heavy atom. The Kier molecular flexibility index (Phi) is 7.34. The highest BCUT2D eigenvalue weighted by Crippen LogP contribution is 2.37. The summed E-state index contributed by atoms with van der Waals surface area (Å²) in [6.45, 7) is 5.27. The van der Waals surface area contributed by atoms with E-state index in [0.717, 1.165) is 50.4 Å². The highest BCUT2D eigenvalue weighted by atomic mass is 16.5. The zero-order valence-electron chi connectivity index (χ0n) is 19.3. The molecule has 1 atom stereocenters. The van der Waals surface area contributed by atoms with Crippen molar-refractivity contribution in [1.29, 1.82) is 0 Å². The lowest BCUT2D eigenvalue weighted by atomic mass is 9.94. The van der Waals surface area contributed by atoms with Crippen molar-refractivity contribution in [3.05, 3.63) is 23.3 Å². The van der Waals surface area contributed by atoms with E-state index >= 15 is 0 Å². The summed E-state index contributed by atoms with van der Waals surface area (Å²) in [5, 5.41) is 2.89. The first kappa shape index (κ1) is 23.3. The van der Waals surface area contributed by atoms with Gasteiger partial charge in [-0.15, -0.1) is 0 Å². The van der Waals surface area contributed by atoms with E-state index in [1.165, 1.54) is 4.90 Å². The minimum Gasteiger partial charge on any atom is -0.493 e. The molecular weight excluding hydrogens is 428 g/mol. The zero-order valence-corrected chi connectivity index (χ0v) is 19.3. The van der Waals surface area contributed by atoms with E-state index in [-0.39, 0.29) is 30.8 Å². The van der Waals surface area contributed by atoms with Gasteiger partial charge in [0.05, 0.1) is 27.4 Å². The number of hydrogen-bond acceptors (Lipinski definition) is 7. The van der Waals surface area contributed by atoms with Gasteiger partial charge in [-0.2, -0.15) is 0 Å². The van der Waals surface area contributed by atoms with E-state index < -0.39 is 6.04 Å². The summed E-state index contributed by atoms with van der Waals surface area (Å²) in [7, 11) is 3.13. The van der Waals surface area contributed by atoms with E-state index in [2.05, 4.69) is 10.2 Å². The van der Waals surface area contributed by atoms with E-state index in [4.69, 9.17) is 14.2 Å². The van der Waals surface area contributed by atoms with Crippen molar-refractivity contribution in [2.45, 2.75) is 31.8 Å². The van der Waals surface area contributed by atoms with E-state index in [0.29, 0.717) is 31.0 Å². The summed E-state index contributed by atoms with van der Waals surface area (Å²) in [6.07, 6.45) is 1.38. The summed E-state index contributed by atoms with van der Waals surface area (Å²) < 4.78 is 16.1. The predicted octanol–water partition coefficient (Wildman–Crippen LogP) is 0.621. The average Bonchev–Trinajstić information content (AvgIpc) is 3.07. The Balaban J connectivity index is 1.27. The number of morpholine rings is 1. The summed E-state index contributed by atoms with van der Waals surface area (Å²) in [5.74, 6) is 0.791. The molecule has 2 saturated heterocycles. The van der Waals surface area contributed by atoms with Crippen molar-refractivity contribution in [3.63, 3.8) is 0 Å². The van der Waals surface area contributed by atoms with E-state index in [1.807, 2.05) is 12.1 Å². The van der Waals surface area contributed by atoms with Gasteiger partial charge >= 0.3 is 6.03 Å². The van der Waals surface area contributed by atoms with Crippen molar-refractivity contribution in [3.8, 4) is 11.5 Å². The SMILES string of the molecule is COc1cc2c(cc1OC)CN1C(=O)N(CCC(=O)NCCCN3CCOCC3)C(=O)[C@H]1C2. The quantitative estimate of drug-likeness (QED) is 0.426. The summed E-state index contributed by atoms with van der Waals surface area (Å²) in [5.41, 5.74) is 1.90. The molecular formula is C23H32N4O6. The third-order valence-electron chi connectivity index (χ3n) is 6.50. The first-order chi connectivity index (χ1) is 16.0. The number of nitrogens with one attached hydrogen (secondary N) is 1. The van der Waals surface area contributed by atoms with Crippen molar-refractivity contribution in [2.75, 3.05) is 60.2 Å². The monoisotopic (exact) mass is 460 g/mol. The maximum Gasteiger partial charge on any atom is 0.327 e. The van der Waals surface area contributed by atoms with Crippen LogP contribution in [0.4, 0.5) is 4.79 Å². The second-order valence-electron chi connectivity index (χ2n) is 8.50. The predicted molar refractivity (Wildman–Crippen MR) is 119 cm³/mol. The Bertz CT molecular complexity index is 850. The first-order valence-corrected chi connectivity index (χ1v) is 11.4. The van der Waals surface area contributed by atoms with Crippen LogP contribution in [0.2, 0.25) is 0 Å². The number of benzene rings is 1. The number of rotatable bonds is 9. The molecule has 0 spiro atoms. The van der Waals surface area contributed by atoms with Gasteiger partial charge in [0.1, 0.15) is 6.04 Å². The summed E-state index contributed by atoms with van der Waals surface area (Å²) >= 11 is 0. The van der Waals surface area contributed by atoms with Gasteiger partial charge in [-0.25, -0.2) is 4.79 Å². The fourth-order valence-corrected chi connectivity index (χ4v) is 4.63. The minimum absolute atomic E-state index is 0.0863. The Morgan fingerprint density at radius 2 is 1.79 bits per heavy atom. The number of carbonyl (C=O) groups is 3. The number of urea groups is 1. The smallest absolute Gasteiger partial charge is 0.327 e. The van der Waals surface area contributed by atoms with Gasteiger partial charge in [0.25, 0.3) is 5.91 Å². The van der Waals surface area contributed by atoms with Crippen LogP contribution < -0.4 is 14.8 Å². The number of imide groups is 1. The lowest BCUT2D eigenvalue weighted by Crippen LogP contribution is -2.40. The fraction of sp³-hybridized carbons (Fsp3) is 0.609. The molecule has 0 unspecified atom stereocenters. The number of fused-ring (bicyclic) bond motifs is 2. The molecule has 1 aromatic rings. The van der Waals surface area contributed by atoms with Crippen LogP contribution in [0.5, 0.6) is 11.5 Å². The van der Waals surface area contributed by atoms with Gasteiger partial charge in [0, 0.05) is 45.6 Å². The molecule has 3 aliphatic rings. The maximum absolute atomic E-state index is 12.9. The summed E-state index contributed by atoms with van der Waals surface area (Å²) in [6, 6.07) is 2.84. The fourth-order valence-electron chi connectivity index (χ4n) is 4.63. The zero-order chi connectivity index (χ0) is 23.4. The van der Waals surface area contributed by atoms with Gasteiger partial charge in [0.2, 0.25) is 5.91 Å². The van der Waals surface area contributed by atoms with Crippen molar-refractivity contribution in [2.24, 2.45) is 0 Å². The van der Waals surface area contributed by atoms with Crippen LogP contribution in [0.25, 0.3) is 0 Å².